The largest absolute Gasteiger partial charge is 0.474 e. The van der Waals surface area contributed by atoms with Crippen LogP contribution in [0.5, 0.6) is 5.88 Å². The van der Waals surface area contributed by atoms with Crippen LogP contribution in [0.3, 0.4) is 0 Å². The zero-order chi connectivity index (χ0) is 16.3. The normalized spacial score (nSPS) is 14.5. The van der Waals surface area contributed by atoms with E-state index >= 15 is 0 Å². The molecule has 2 heterocycles. The van der Waals surface area contributed by atoms with Crippen molar-refractivity contribution >= 4 is 23.6 Å². The predicted molar refractivity (Wildman–Crippen MR) is 82.6 cm³/mol. The average Bonchev–Trinajstić information content (AvgIpc) is 2.50. The van der Waals surface area contributed by atoms with Crippen molar-refractivity contribution < 1.29 is 19.1 Å². The predicted octanol–water partition coefficient (Wildman–Crippen LogP) is 2.04. The van der Waals surface area contributed by atoms with Crippen LogP contribution in [-0.4, -0.2) is 37.1 Å². The fraction of sp³-hybridized carbons (Fsp3) is 0.438. The summed E-state index contributed by atoms with van der Waals surface area (Å²) in [5, 5.41) is 0. The van der Waals surface area contributed by atoms with E-state index in [-0.39, 0.29) is 5.91 Å². The van der Waals surface area contributed by atoms with Crippen molar-refractivity contribution in [2.75, 3.05) is 25.2 Å². The van der Waals surface area contributed by atoms with Gasteiger partial charge in [0.25, 0.3) is 0 Å². The zero-order valence-electron chi connectivity index (χ0n) is 13.3. The van der Waals surface area contributed by atoms with Gasteiger partial charge in [-0.1, -0.05) is 20.8 Å². The zero-order valence-corrected chi connectivity index (χ0v) is 13.3. The topological polar surface area (TPSA) is 68.7 Å². The molecule has 0 unspecified atom stereocenters. The second-order valence-electron chi connectivity index (χ2n) is 5.97. The Hall–Kier alpha value is -2.37. The Morgan fingerprint density at radius 2 is 2.09 bits per heavy atom. The van der Waals surface area contributed by atoms with Crippen LogP contribution in [0.25, 0.3) is 6.08 Å². The highest BCUT2D eigenvalue weighted by Gasteiger charge is 2.32. The van der Waals surface area contributed by atoms with Crippen LogP contribution in [0.4, 0.5) is 5.69 Å². The van der Waals surface area contributed by atoms with Gasteiger partial charge in [0.15, 0.2) is 0 Å². The van der Waals surface area contributed by atoms with Gasteiger partial charge in [-0.05, 0) is 18.2 Å². The first-order valence-electron chi connectivity index (χ1n) is 7.05. The molecule has 0 saturated carbocycles. The molecule has 0 aromatic carbocycles. The van der Waals surface area contributed by atoms with E-state index in [4.69, 9.17) is 4.74 Å². The lowest BCUT2D eigenvalue weighted by Gasteiger charge is -2.33. The smallest absolute Gasteiger partial charge is 0.330 e. The van der Waals surface area contributed by atoms with Crippen molar-refractivity contribution in [3.63, 3.8) is 0 Å². The Labute approximate surface area is 129 Å². The molecule has 1 aliphatic rings. The van der Waals surface area contributed by atoms with Crippen molar-refractivity contribution in [2.45, 2.75) is 20.8 Å². The SMILES string of the molecule is COC(=O)C=Cc1ccc2c(n1)OCCN2C(=O)C(C)(C)C. The van der Waals surface area contributed by atoms with Crippen molar-refractivity contribution in [1.82, 2.24) is 4.98 Å². The average molecular weight is 304 g/mol. The number of aromatic nitrogens is 1. The number of fused-ring (bicyclic) bond motifs is 1. The number of methoxy groups -OCH3 is 1. The third-order valence-electron chi connectivity index (χ3n) is 3.18. The second kappa shape index (κ2) is 6.17. The minimum atomic E-state index is -0.474. The molecule has 118 valence electrons. The van der Waals surface area contributed by atoms with E-state index in [2.05, 4.69) is 9.72 Å². The highest BCUT2D eigenvalue weighted by molar-refractivity contribution is 5.98. The van der Waals surface area contributed by atoms with Gasteiger partial charge in [0, 0.05) is 11.5 Å². The molecule has 0 atom stereocenters. The summed E-state index contributed by atoms with van der Waals surface area (Å²) in [5.74, 6) is -0.0301. The Bertz CT molecular complexity index is 617. The molecule has 6 heteroatoms. The van der Waals surface area contributed by atoms with Gasteiger partial charge in [0.2, 0.25) is 11.8 Å². The summed E-state index contributed by atoms with van der Waals surface area (Å²) in [7, 11) is 1.31. The van der Waals surface area contributed by atoms with Gasteiger partial charge in [-0.3, -0.25) is 4.79 Å². The number of nitrogens with zero attached hydrogens (tertiary/aromatic N) is 2. The van der Waals surface area contributed by atoms with Crippen LogP contribution in [-0.2, 0) is 14.3 Å². The maximum atomic E-state index is 12.5. The molecule has 2 rings (SSSR count). The summed E-state index contributed by atoms with van der Waals surface area (Å²) in [6, 6.07) is 3.51. The third-order valence-corrected chi connectivity index (χ3v) is 3.18. The fourth-order valence-electron chi connectivity index (χ4n) is 2.04. The lowest BCUT2D eigenvalue weighted by atomic mass is 9.94. The Kier molecular flexibility index (Phi) is 4.49. The summed E-state index contributed by atoms with van der Waals surface area (Å²) in [4.78, 5) is 29.6. The second-order valence-corrected chi connectivity index (χ2v) is 5.97. The van der Waals surface area contributed by atoms with Gasteiger partial charge in [-0.25, -0.2) is 9.78 Å². The summed E-state index contributed by atoms with van der Waals surface area (Å²) in [5.41, 5.74) is 0.744. The monoisotopic (exact) mass is 304 g/mol. The molecule has 6 nitrogen and oxygen atoms in total. The number of hydrogen-bond acceptors (Lipinski definition) is 5. The number of carbonyl (C=O) groups is 2. The minimum Gasteiger partial charge on any atom is -0.474 e. The van der Waals surface area contributed by atoms with Gasteiger partial charge in [-0.15, -0.1) is 0 Å². The number of rotatable bonds is 2. The van der Waals surface area contributed by atoms with Crippen molar-refractivity contribution in [3.8, 4) is 5.88 Å². The van der Waals surface area contributed by atoms with E-state index in [1.165, 1.54) is 13.2 Å². The first-order chi connectivity index (χ1) is 10.3. The number of esters is 1. The molecule has 22 heavy (non-hydrogen) atoms. The van der Waals surface area contributed by atoms with Crippen LogP contribution >= 0.6 is 0 Å². The summed E-state index contributed by atoms with van der Waals surface area (Å²) in [6.45, 7) is 6.54. The van der Waals surface area contributed by atoms with Gasteiger partial charge in [-0.2, -0.15) is 0 Å². The summed E-state index contributed by atoms with van der Waals surface area (Å²) < 4.78 is 10.1. The minimum absolute atomic E-state index is 0.0247. The molecule has 1 aliphatic heterocycles. The van der Waals surface area contributed by atoms with Crippen molar-refractivity contribution in [3.05, 3.63) is 23.9 Å². The van der Waals surface area contributed by atoms with E-state index < -0.39 is 11.4 Å². The van der Waals surface area contributed by atoms with Crippen molar-refractivity contribution in [1.29, 1.82) is 0 Å². The van der Waals surface area contributed by atoms with E-state index in [1.54, 1.807) is 23.1 Å². The first-order valence-corrected chi connectivity index (χ1v) is 7.05. The number of ether oxygens (including phenoxy) is 2. The molecule has 1 aromatic heterocycles. The highest BCUT2D eigenvalue weighted by atomic mass is 16.5. The van der Waals surface area contributed by atoms with Gasteiger partial charge in [0.05, 0.1) is 19.3 Å². The Morgan fingerprint density at radius 3 is 2.73 bits per heavy atom. The number of hydrogen-bond donors (Lipinski definition) is 0. The Balaban J connectivity index is 2.29. The molecule has 0 saturated heterocycles. The van der Waals surface area contributed by atoms with Crippen LogP contribution in [0.1, 0.15) is 26.5 Å². The molecular weight excluding hydrogens is 284 g/mol. The van der Waals surface area contributed by atoms with Gasteiger partial charge >= 0.3 is 5.97 Å². The quantitative estimate of drug-likeness (QED) is 0.618. The van der Waals surface area contributed by atoms with Crippen LogP contribution < -0.4 is 9.64 Å². The lowest BCUT2D eigenvalue weighted by Crippen LogP contribution is -2.44. The molecule has 0 aliphatic carbocycles. The molecule has 0 fully saturated rings. The molecule has 1 amide bonds. The molecule has 0 radical (unpaired) electrons. The Morgan fingerprint density at radius 1 is 1.36 bits per heavy atom. The van der Waals surface area contributed by atoms with E-state index in [0.29, 0.717) is 30.4 Å². The molecule has 1 aromatic rings. The van der Waals surface area contributed by atoms with Gasteiger partial charge in [0.1, 0.15) is 12.3 Å². The number of pyridine rings is 1. The van der Waals surface area contributed by atoms with Crippen molar-refractivity contribution in [2.24, 2.45) is 5.41 Å². The third kappa shape index (κ3) is 3.44. The van der Waals surface area contributed by atoms with Crippen LogP contribution in [0, 0.1) is 5.41 Å². The van der Waals surface area contributed by atoms with E-state index in [1.807, 2.05) is 20.8 Å². The molecule has 0 spiro atoms. The van der Waals surface area contributed by atoms with Gasteiger partial charge < -0.3 is 14.4 Å². The summed E-state index contributed by atoms with van der Waals surface area (Å²) in [6.07, 6.45) is 2.83. The first kappa shape index (κ1) is 16.0. The maximum absolute atomic E-state index is 12.5. The number of carbonyl (C=O) groups excluding carboxylic acids is 2. The number of amides is 1. The molecular formula is C16H20N2O4. The van der Waals surface area contributed by atoms with Crippen LogP contribution in [0.2, 0.25) is 0 Å². The van der Waals surface area contributed by atoms with E-state index in [9.17, 15) is 9.59 Å². The summed E-state index contributed by atoms with van der Waals surface area (Å²) >= 11 is 0. The number of anilines is 1. The van der Waals surface area contributed by atoms with Crippen LogP contribution in [0.15, 0.2) is 18.2 Å². The lowest BCUT2D eigenvalue weighted by molar-refractivity contribution is -0.134. The highest BCUT2D eigenvalue weighted by Crippen LogP contribution is 2.33. The standard InChI is InChI=1S/C16H20N2O4/c1-16(2,3)15(20)18-9-10-22-14-12(18)7-5-11(17-14)6-8-13(19)21-4/h5-8H,9-10H2,1-4H3. The van der Waals surface area contributed by atoms with E-state index in [0.717, 1.165) is 0 Å². The molecule has 0 N–H and O–H groups in total. The maximum Gasteiger partial charge on any atom is 0.330 e. The fourth-order valence-corrected chi connectivity index (χ4v) is 2.04. The molecule has 0 bridgehead atoms.